The largest absolute Gasteiger partial charge is 0.388 e. The van der Waals surface area contributed by atoms with Crippen LogP contribution in [0, 0.1) is 5.41 Å². The highest BCUT2D eigenvalue weighted by Crippen LogP contribution is 2.32. The molecule has 3 N–H and O–H groups in total. The van der Waals surface area contributed by atoms with Crippen molar-refractivity contribution in [2.75, 3.05) is 11.4 Å². The Balaban J connectivity index is 1.99. The van der Waals surface area contributed by atoms with Crippen molar-refractivity contribution in [1.29, 1.82) is 5.41 Å². The molecule has 0 radical (unpaired) electrons. The van der Waals surface area contributed by atoms with Crippen LogP contribution >= 0.6 is 0 Å². The van der Waals surface area contributed by atoms with Gasteiger partial charge >= 0.3 is 0 Å². The molecule has 1 aromatic heterocycles. The van der Waals surface area contributed by atoms with Crippen molar-refractivity contribution in [3.63, 3.8) is 0 Å². The monoisotopic (exact) mass is 281 g/mol. The summed E-state index contributed by atoms with van der Waals surface area (Å²) >= 11 is 0. The van der Waals surface area contributed by atoms with Gasteiger partial charge in [-0.05, 0) is 31.4 Å². The van der Waals surface area contributed by atoms with Crippen LogP contribution in [0.5, 0.6) is 0 Å². The highest BCUT2D eigenvalue weighted by molar-refractivity contribution is 5.78. The molecule has 0 saturated carbocycles. The van der Waals surface area contributed by atoms with E-state index in [0.29, 0.717) is 13.0 Å². The Hall–Kier alpha value is -2.43. The number of rotatable bonds is 5. The zero-order chi connectivity index (χ0) is 14.7. The molecule has 5 heteroatoms. The van der Waals surface area contributed by atoms with Crippen LogP contribution in [0.1, 0.15) is 24.1 Å². The zero-order valence-corrected chi connectivity index (χ0v) is 11.9. The number of benzene rings is 1. The van der Waals surface area contributed by atoms with E-state index in [9.17, 15) is 0 Å². The zero-order valence-electron chi connectivity index (χ0n) is 11.9. The number of aryl methyl sites for hydroxylation is 1. The molecule has 21 heavy (non-hydrogen) atoms. The van der Waals surface area contributed by atoms with Gasteiger partial charge in [0.1, 0.15) is 12.1 Å². The van der Waals surface area contributed by atoms with Gasteiger partial charge in [0.2, 0.25) is 0 Å². The fraction of sp³-hybridized carbons (Fsp3) is 0.312. The summed E-state index contributed by atoms with van der Waals surface area (Å²) < 4.78 is 0. The van der Waals surface area contributed by atoms with Crippen molar-refractivity contribution in [2.45, 2.75) is 25.7 Å². The number of para-hydroxylation sites is 1. The standard InChI is InChI=1S/C16H19N5/c17-15(18)9-10-21(12-5-2-1-3-6-12)16-13-7-4-8-14(13)19-11-20-16/h1-3,5-6,11H,4,7-10H2,(H3,17,18). The van der Waals surface area contributed by atoms with Gasteiger partial charge < -0.3 is 10.6 Å². The highest BCUT2D eigenvalue weighted by Gasteiger charge is 2.21. The van der Waals surface area contributed by atoms with Crippen LogP contribution in [0.3, 0.4) is 0 Å². The minimum Gasteiger partial charge on any atom is -0.388 e. The van der Waals surface area contributed by atoms with Gasteiger partial charge in [-0.2, -0.15) is 0 Å². The smallest absolute Gasteiger partial charge is 0.139 e. The maximum Gasteiger partial charge on any atom is 0.139 e. The Bertz CT molecular complexity index is 638. The third kappa shape index (κ3) is 2.86. The Morgan fingerprint density at radius 3 is 2.76 bits per heavy atom. The fourth-order valence-corrected chi connectivity index (χ4v) is 2.77. The summed E-state index contributed by atoms with van der Waals surface area (Å²) in [6, 6.07) is 10.1. The van der Waals surface area contributed by atoms with Gasteiger partial charge in [-0.1, -0.05) is 18.2 Å². The molecule has 1 aliphatic rings. The molecule has 0 amide bonds. The first-order valence-electron chi connectivity index (χ1n) is 7.24. The summed E-state index contributed by atoms with van der Waals surface area (Å²) in [6.07, 6.45) is 5.35. The molecule has 2 aromatic rings. The maximum atomic E-state index is 7.48. The minimum absolute atomic E-state index is 0.196. The fourth-order valence-electron chi connectivity index (χ4n) is 2.77. The molecule has 3 rings (SSSR count). The maximum absolute atomic E-state index is 7.48. The molecule has 0 unspecified atom stereocenters. The number of nitrogens with two attached hydrogens (primary N) is 1. The van der Waals surface area contributed by atoms with E-state index >= 15 is 0 Å². The first-order valence-corrected chi connectivity index (χ1v) is 7.24. The van der Waals surface area contributed by atoms with Gasteiger partial charge in [0, 0.05) is 29.9 Å². The van der Waals surface area contributed by atoms with Crippen LogP contribution < -0.4 is 10.6 Å². The highest BCUT2D eigenvalue weighted by atomic mass is 15.2. The van der Waals surface area contributed by atoms with Crippen molar-refractivity contribution < 1.29 is 0 Å². The third-order valence-corrected chi connectivity index (χ3v) is 3.78. The van der Waals surface area contributed by atoms with Crippen LogP contribution in [-0.4, -0.2) is 22.3 Å². The predicted octanol–water partition coefficient (Wildman–Crippen LogP) is 2.43. The summed E-state index contributed by atoms with van der Waals surface area (Å²) in [5.41, 5.74) is 9.01. The Kier molecular flexibility index (Phi) is 3.81. The second-order valence-corrected chi connectivity index (χ2v) is 5.24. The van der Waals surface area contributed by atoms with Gasteiger partial charge in [-0.25, -0.2) is 9.97 Å². The molecule has 108 valence electrons. The van der Waals surface area contributed by atoms with Crippen LogP contribution in [-0.2, 0) is 12.8 Å². The average molecular weight is 281 g/mol. The summed E-state index contributed by atoms with van der Waals surface area (Å²) in [5.74, 6) is 1.16. The molecule has 0 aliphatic heterocycles. The molecular weight excluding hydrogens is 262 g/mol. The molecule has 1 aromatic carbocycles. The van der Waals surface area contributed by atoms with Crippen LogP contribution in [0.25, 0.3) is 0 Å². The summed E-state index contributed by atoms with van der Waals surface area (Å²) in [5, 5.41) is 7.48. The molecule has 5 nitrogen and oxygen atoms in total. The summed E-state index contributed by atoms with van der Waals surface area (Å²) in [4.78, 5) is 11.0. The molecule has 0 saturated heterocycles. The van der Waals surface area contributed by atoms with Crippen LogP contribution in [0.15, 0.2) is 36.7 Å². The molecule has 0 bridgehead atoms. The van der Waals surface area contributed by atoms with Crippen molar-refractivity contribution in [2.24, 2.45) is 5.73 Å². The number of nitrogens with zero attached hydrogens (tertiary/aromatic N) is 3. The summed E-state index contributed by atoms with van der Waals surface area (Å²) in [6.45, 7) is 0.656. The van der Waals surface area contributed by atoms with Gasteiger partial charge in [-0.15, -0.1) is 0 Å². The molecule has 1 heterocycles. The lowest BCUT2D eigenvalue weighted by Crippen LogP contribution is -2.25. The van der Waals surface area contributed by atoms with E-state index in [-0.39, 0.29) is 5.84 Å². The second-order valence-electron chi connectivity index (χ2n) is 5.24. The third-order valence-electron chi connectivity index (χ3n) is 3.78. The van der Waals surface area contributed by atoms with E-state index in [4.69, 9.17) is 11.1 Å². The van der Waals surface area contributed by atoms with Crippen molar-refractivity contribution >= 4 is 17.3 Å². The van der Waals surface area contributed by atoms with Gasteiger partial charge in [0.25, 0.3) is 0 Å². The number of fused-ring (bicyclic) bond motifs is 1. The van der Waals surface area contributed by atoms with Crippen LogP contribution in [0.4, 0.5) is 11.5 Å². The molecular formula is C16H19N5. The minimum atomic E-state index is 0.196. The Labute approximate surface area is 124 Å². The topological polar surface area (TPSA) is 78.9 Å². The van der Waals surface area contributed by atoms with Gasteiger partial charge in [0.15, 0.2) is 0 Å². The van der Waals surface area contributed by atoms with E-state index in [0.717, 1.165) is 36.5 Å². The predicted molar refractivity (Wildman–Crippen MR) is 84.0 cm³/mol. The van der Waals surface area contributed by atoms with Gasteiger partial charge in [-0.3, -0.25) is 5.41 Å². The number of aromatic nitrogens is 2. The Morgan fingerprint density at radius 1 is 1.19 bits per heavy atom. The number of hydrogen-bond donors (Lipinski definition) is 2. The average Bonchev–Trinajstić information content (AvgIpc) is 2.97. The lowest BCUT2D eigenvalue weighted by molar-refractivity contribution is 0.893. The van der Waals surface area contributed by atoms with E-state index in [1.54, 1.807) is 6.33 Å². The quantitative estimate of drug-likeness (QED) is 0.651. The van der Waals surface area contributed by atoms with E-state index in [1.165, 1.54) is 5.56 Å². The first kappa shape index (κ1) is 13.5. The number of hydrogen-bond acceptors (Lipinski definition) is 4. The molecule has 0 atom stereocenters. The summed E-state index contributed by atoms with van der Waals surface area (Å²) in [7, 11) is 0. The van der Waals surface area contributed by atoms with Crippen molar-refractivity contribution in [3.05, 3.63) is 47.9 Å². The van der Waals surface area contributed by atoms with Crippen LogP contribution in [0.2, 0.25) is 0 Å². The van der Waals surface area contributed by atoms with E-state index in [1.807, 2.05) is 18.2 Å². The molecule has 0 fully saturated rings. The normalized spacial score (nSPS) is 13.0. The van der Waals surface area contributed by atoms with E-state index < -0.39 is 0 Å². The van der Waals surface area contributed by atoms with Gasteiger partial charge in [0.05, 0.1) is 5.84 Å². The number of anilines is 2. The number of nitrogens with one attached hydrogen (secondary N) is 1. The Morgan fingerprint density at radius 2 is 2.00 bits per heavy atom. The lowest BCUT2D eigenvalue weighted by atomic mass is 10.2. The number of amidine groups is 1. The van der Waals surface area contributed by atoms with Crippen molar-refractivity contribution in [1.82, 2.24) is 9.97 Å². The molecule has 1 aliphatic carbocycles. The molecule has 0 spiro atoms. The van der Waals surface area contributed by atoms with E-state index in [2.05, 4.69) is 27.0 Å². The SMILES string of the molecule is N=C(N)CCN(c1ccccc1)c1ncnc2c1CCC2. The first-order chi connectivity index (χ1) is 10.3. The van der Waals surface area contributed by atoms with Crippen molar-refractivity contribution in [3.8, 4) is 0 Å². The second kappa shape index (κ2) is 5.91. The lowest BCUT2D eigenvalue weighted by Gasteiger charge is -2.25.